The first-order valence-electron chi connectivity index (χ1n) is 21.5. The monoisotopic (exact) mass is 750 g/mol. The SMILES string of the molecule is CC.CC(C)N1CC2CCCC2C1.CC(C)N1CCCC1=O.CC(C)N1CCCCC1.CC(C)N1Cc2ccccc2C1=O.CC(C)n1ccccc1=O. The number of benzene rings is 1. The van der Waals surface area contributed by atoms with Gasteiger partial charge < -0.3 is 24.2 Å². The Balaban J connectivity index is 0.000000232. The Hall–Kier alpha value is -2.97. The zero-order chi connectivity index (χ0) is 40.4. The average Bonchev–Trinajstić information content (AvgIpc) is 3.95. The summed E-state index contributed by atoms with van der Waals surface area (Å²) in [6, 6.07) is 15.5. The Morgan fingerprint density at radius 1 is 0.556 bits per heavy atom. The number of fused-ring (bicyclic) bond motifs is 2. The van der Waals surface area contributed by atoms with E-state index in [9.17, 15) is 14.4 Å². The molecule has 5 heterocycles. The van der Waals surface area contributed by atoms with Crippen molar-refractivity contribution in [2.75, 3.05) is 32.7 Å². The summed E-state index contributed by atoms with van der Waals surface area (Å²) in [4.78, 5) is 42.8. The van der Waals surface area contributed by atoms with Crippen molar-refractivity contribution in [2.24, 2.45) is 11.8 Å². The second kappa shape index (κ2) is 24.5. The first-order chi connectivity index (χ1) is 25.7. The maximum atomic E-state index is 11.8. The predicted molar refractivity (Wildman–Crippen MR) is 228 cm³/mol. The standard InChI is InChI=1S/C11H13NO.C10H19N.C8H11NO.C8H17N.C7H13NO.C2H6/c1-8(2)12-7-9-5-3-4-6-10(9)11(12)13;1-8(2)11-6-9-4-3-5-10(9)7-11;1-7(2)9-6-4-3-5-8(9)10;1-8(2)9-6-4-3-5-7-9;1-6(2)8-5-3-4-7(8)9;1-2/h3-6,8H,7H2,1-2H3;8-10H,3-7H2,1-2H3;3-7H,1-2H3;8H,3-7H2,1-2H3;6H,3-5H2,1-2H3;1-2H3. The van der Waals surface area contributed by atoms with E-state index in [0.29, 0.717) is 18.0 Å². The van der Waals surface area contributed by atoms with E-state index in [2.05, 4.69) is 51.3 Å². The Morgan fingerprint density at radius 3 is 1.52 bits per heavy atom. The normalized spacial score (nSPS) is 20.7. The molecule has 54 heavy (non-hydrogen) atoms. The van der Waals surface area contributed by atoms with Crippen LogP contribution in [0.15, 0.2) is 53.5 Å². The molecule has 4 fully saturated rings. The van der Waals surface area contributed by atoms with E-state index in [4.69, 9.17) is 0 Å². The zero-order valence-corrected chi connectivity index (χ0v) is 36.5. The minimum absolute atomic E-state index is 0.0671. The van der Waals surface area contributed by atoms with Crippen LogP contribution in [-0.4, -0.2) is 92.9 Å². The number of hydrogen-bond donors (Lipinski definition) is 0. The van der Waals surface area contributed by atoms with Crippen molar-refractivity contribution in [3.8, 4) is 0 Å². The van der Waals surface area contributed by atoms with Gasteiger partial charge in [0.2, 0.25) is 5.91 Å². The number of piperidine rings is 1. The van der Waals surface area contributed by atoms with Crippen molar-refractivity contribution in [1.82, 2.24) is 24.2 Å². The Morgan fingerprint density at radius 2 is 1.11 bits per heavy atom. The Kier molecular flexibility index (Phi) is 21.4. The number of carbonyl (C=O) groups is 2. The number of aromatic nitrogens is 1. The highest BCUT2D eigenvalue weighted by atomic mass is 16.2. The molecule has 1 aromatic heterocycles. The molecule has 0 radical (unpaired) electrons. The number of rotatable bonds is 5. The van der Waals surface area contributed by atoms with Gasteiger partial charge in [-0.3, -0.25) is 14.4 Å². The van der Waals surface area contributed by atoms with Crippen LogP contribution < -0.4 is 5.56 Å². The van der Waals surface area contributed by atoms with Crippen LogP contribution in [0.3, 0.4) is 0 Å². The molecule has 8 nitrogen and oxygen atoms in total. The lowest BCUT2D eigenvalue weighted by molar-refractivity contribution is -0.129. The summed E-state index contributed by atoms with van der Waals surface area (Å²) >= 11 is 0. The lowest BCUT2D eigenvalue weighted by Gasteiger charge is -2.29. The maximum absolute atomic E-state index is 11.8. The molecule has 2 atom stereocenters. The highest BCUT2D eigenvalue weighted by Crippen LogP contribution is 2.38. The van der Waals surface area contributed by atoms with Gasteiger partial charge in [0, 0.05) is 80.6 Å². The topological polar surface area (TPSA) is 69.1 Å². The van der Waals surface area contributed by atoms with Crippen LogP contribution in [0, 0.1) is 11.8 Å². The van der Waals surface area contributed by atoms with E-state index < -0.39 is 0 Å². The molecule has 2 unspecified atom stereocenters. The molecule has 1 aliphatic carbocycles. The summed E-state index contributed by atoms with van der Waals surface area (Å²) in [5, 5.41) is 0. The summed E-state index contributed by atoms with van der Waals surface area (Å²) in [5.74, 6) is 2.63. The van der Waals surface area contributed by atoms with Gasteiger partial charge in [0.15, 0.2) is 0 Å². The molecule has 7 rings (SSSR count). The summed E-state index contributed by atoms with van der Waals surface area (Å²) < 4.78 is 1.69. The largest absolute Gasteiger partial charge is 0.340 e. The van der Waals surface area contributed by atoms with Crippen molar-refractivity contribution in [1.29, 1.82) is 0 Å². The number of amides is 2. The fourth-order valence-corrected chi connectivity index (χ4v) is 7.90. The smallest absolute Gasteiger partial charge is 0.254 e. The van der Waals surface area contributed by atoms with Gasteiger partial charge in [-0.05, 0) is 144 Å². The van der Waals surface area contributed by atoms with Crippen molar-refractivity contribution < 1.29 is 9.59 Å². The highest BCUT2D eigenvalue weighted by Gasteiger charge is 2.36. The van der Waals surface area contributed by atoms with Gasteiger partial charge in [-0.1, -0.05) is 51.0 Å². The first-order valence-corrected chi connectivity index (χ1v) is 21.5. The molecule has 0 spiro atoms. The second-order valence-corrected chi connectivity index (χ2v) is 16.7. The van der Waals surface area contributed by atoms with E-state index in [0.717, 1.165) is 61.0 Å². The van der Waals surface area contributed by atoms with Gasteiger partial charge in [0.25, 0.3) is 11.5 Å². The fourth-order valence-electron chi connectivity index (χ4n) is 7.90. The lowest BCUT2D eigenvalue weighted by Crippen LogP contribution is -2.35. The Bertz CT molecular complexity index is 1400. The van der Waals surface area contributed by atoms with Gasteiger partial charge in [0.05, 0.1) is 0 Å². The summed E-state index contributed by atoms with van der Waals surface area (Å²) in [6.07, 6.45) is 12.4. The van der Waals surface area contributed by atoms with Crippen LogP contribution in [0.2, 0.25) is 0 Å². The second-order valence-electron chi connectivity index (χ2n) is 16.7. The van der Waals surface area contributed by atoms with E-state index in [-0.39, 0.29) is 17.5 Å². The van der Waals surface area contributed by atoms with Gasteiger partial charge in [-0.2, -0.15) is 0 Å². The number of nitrogens with zero attached hydrogens (tertiary/aromatic N) is 5. The van der Waals surface area contributed by atoms with Crippen molar-refractivity contribution >= 4 is 11.8 Å². The van der Waals surface area contributed by atoms with Crippen molar-refractivity contribution in [3.63, 3.8) is 0 Å². The predicted octanol–water partition coefficient (Wildman–Crippen LogP) is 9.53. The van der Waals surface area contributed by atoms with E-state index in [1.807, 2.05) is 81.7 Å². The van der Waals surface area contributed by atoms with Crippen LogP contribution in [0.4, 0.5) is 0 Å². The molecule has 2 amide bonds. The third-order valence-corrected chi connectivity index (χ3v) is 11.2. The van der Waals surface area contributed by atoms with Gasteiger partial charge >= 0.3 is 0 Å². The molecule has 0 N–H and O–H groups in total. The molecule has 1 saturated carbocycles. The summed E-state index contributed by atoms with van der Waals surface area (Å²) in [5.41, 5.74) is 2.09. The highest BCUT2D eigenvalue weighted by molar-refractivity contribution is 5.98. The molecule has 0 bridgehead atoms. The molecule has 306 valence electrons. The number of carbonyl (C=O) groups excluding carboxylic acids is 2. The third-order valence-electron chi connectivity index (χ3n) is 11.2. The minimum Gasteiger partial charge on any atom is -0.340 e. The summed E-state index contributed by atoms with van der Waals surface area (Å²) in [7, 11) is 0. The average molecular weight is 750 g/mol. The first kappa shape index (κ1) is 47.2. The number of pyridine rings is 1. The van der Waals surface area contributed by atoms with E-state index in [1.165, 1.54) is 64.7 Å². The van der Waals surface area contributed by atoms with Gasteiger partial charge in [0.1, 0.15) is 0 Å². The molecule has 1 aromatic carbocycles. The zero-order valence-electron chi connectivity index (χ0n) is 36.5. The number of likely N-dealkylation sites (tertiary alicyclic amines) is 3. The molecule has 5 aliphatic rings. The van der Waals surface area contributed by atoms with Crippen LogP contribution in [0.1, 0.15) is 156 Å². The number of hydrogen-bond acceptors (Lipinski definition) is 5. The fraction of sp³-hybridized carbons (Fsp3) is 0.717. The van der Waals surface area contributed by atoms with Gasteiger partial charge in [-0.15, -0.1) is 0 Å². The van der Waals surface area contributed by atoms with Crippen LogP contribution >= 0.6 is 0 Å². The van der Waals surface area contributed by atoms with Crippen LogP contribution in [0.25, 0.3) is 0 Å². The van der Waals surface area contributed by atoms with Crippen molar-refractivity contribution in [2.45, 2.75) is 171 Å². The van der Waals surface area contributed by atoms with Gasteiger partial charge in [-0.25, -0.2) is 0 Å². The molecular formula is C46H79N5O3. The van der Waals surface area contributed by atoms with Crippen LogP contribution in [-0.2, 0) is 11.3 Å². The third kappa shape index (κ3) is 14.9. The molecule has 8 heteroatoms. The molecule has 4 aliphatic heterocycles. The summed E-state index contributed by atoms with van der Waals surface area (Å²) in [6.45, 7) is 32.6. The molecule has 3 saturated heterocycles. The molecular weight excluding hydrogens is 671 g/mol. The minimum atomic E-state index is 0.0671. The quantitative estimate of drug-likeness (QED) is 0.305. The van der Waals surface area contributed by atoms with Crippen LogP contribution in [0.5, 0.6) is 0 Å². The van der Waals surface area contributed by atoms with E-state index in [1.54, 1.807) is 22.9 Å². The maximum Gasteiger partial charge on any atom is 0.254 e. The lowest BCUT2D eigenvalue weighted by atomic mass is 10.0. The van der Waals surface area contributed by atoms with E-state index >= 15 is 0 Å². The van der Waals surface area contributed by atoms with Crippen molar-refractivity contribution in [3.05, 3.63) is 70.1 Å². The molecule has 2 aromatic rings. The Labute approximate surface area is 330 Å².